The first-order valence-corrected chi connectivity index (χ1v) is 9.93. The third-order valence-corrected chi connectivity index (χ3v) is 6.14. The molecule has 0 spiro atoms. The Morgan fingerprint density at radius 2 is 2.04 bits per heavy atom. The fraction of sp³-hybridized carbons (Fsp3) is 0.650. The van der Waals surface area contributed by atoms with Gasteiger partial charge in [0.1, 0.15) is 5.69 Å². The summed E-state index contributed by atoms with van der Waals surface area (Å²) in [4.78, 5) is 28.9. The van der Waals surface area contributed by atoms with E-state index < -0.39 is 5.97 Å². The van der Waals surface area contributed by atoms with E-state index in [-0.39, 0.29) is 11.3 Å². The molecule has 2 aromatic heterocycles. The third-order valence-electron chi connectivity index (χ3n) is 6.14. The number of fused-ring (bicyclic) bond motifs is 2. The summed E-state index contributed by atoms with van der Waals surface area (Å²) in [5.41, 5.74) is 1.41. The van der Waals surface area contributed by atoms with E-state index in [1.54, 1.807) is 19.1 Å². The number of aromatic amines is 1. The topological polar surface area (TPSA) is 76.5 Å². The number of ether oxygens (including phenoxy) is 1. The molecule has 6 nitrogen and oxygen atoms in total. The number of nitrogens with zero attached hydrogens (tertiary/aromatic N) is 2. The van der Waals surface area contributed by atoms with Crippen LogP contribution in [0, 0.1) is 17.8 Å². The van der Waals surface area contributed by atoms with Crippen LogP contribution < -0.4 is 5.56 Å². The van der Waals surface area contributed by atoms with Gasteiger partial charge in [0.05, 0.1) is 6.61 Å². The predicted molar refractivity (Wildman–Crippen MR) is 98.3 cm³/mol. The van der Waals surface area contributed by atoms with Crippen LogP contribution in [-0.2, 0) is 11.2 Å². The van der Waals surface area contributed by atoms with Gasteiger partial charge < -0.3 is 4.74 Å². The van der Waals surface area contributed by atoms with Crippen LogP contribution in [-0.4, -0.2) is 27.2 Å². The smallest absolute Gasteiger partial charge is 0.356 e. The lowest BCUT2D eigenvalue weighted by Crippen LogP contribution is -2.29. The molecule has 6 heteroatoms. The summed E-state index contributed by atoms with van der Waals surface area (Å²) < 4.78 is 6.30. The molecule has 2 heterocycles. The first-order valence-electron chi connectivity index (χ1n) is 9.93. The maximum atomic E-state index is 12.4. The lowest BCUT2D eigenvalue weighted by molar-refractivity contribution is 0.0519. The van der Waals surface area contributed by atoms with Crippen molar-refractivity contribution in [3.63, 3.8) is 0 Å². The Morgan fingerprint density at radius 3 is 2.85 bits per heavy atom. The number of hydrogen-bond acceptors (Lipinski definition) is 4. The quantitative estimate of drug-likeness (QED) is 0.852. The molecule has 2 aromatic rings. The third kappa shape index (κ3) is 3.41. The highest BCUT2D eigenvalue weighted by Gasteiger charge is 2.32. The average molecular weight is 357 g/mol. The van der Waals surface area contributed by atoms with Gasteiger partial charge in [-0.2, -0.15) is 0 Å². The molecule has 3 atom stereocenters. The zero-order valence-corrected chi connectivity index (χ0v) is 15.4. The maximum Gasteiger partial charge on any atom is 0.356 e. The molecular formula is C20H27N3O3. The molecule has 0 saturated heterocycles. The molecule has 0 aromatic carbocycles. The number of carbonyl (C=O) groups is 1. The SMILES string of the molecule is CCOC(=O)c1cc2nc(CC3CCC4CCCCC4C3)cc(=O)n2[nH]1. The predicted octanol–water partition coefficient (Wildman–Crippen LogP) is 3.35. The van der Waals surface area contributed by atoms with Crippen molar-refractivity contribution in [3.05, 3.63) is 33.9 Å². The highest BCUT2D eigenvalue weighted by molar-refractivity contribution is 5.88. The maximum absolute atomic E-state index is 12.4. The molecule has 1 N–H and O–H groups in total. The summed E-state index contributed by atoms with van der Waals surface area (Å²) in [7, 11) is 0. The van der Waals surface area contributed by atoms with Gasteiger partial charge in [-0.15, -0.1) is 0 Å². The van der Waals surface area contributed by atoms with Gasteiger partial charge >= 0.3 is 5.97 Å². The minimum absolute atomic E-state index is 0.174. The molecule has 2 aliphatic carbocycles. The van der Waals surface area contributed by atoms with Gasteiger partial charge in [0.25, 0.3) is 5.56 Å². The molecule has 26 heavy (non-hydrogen) atoms. The minimum atomic E-state index is -0.463. The van der Waals surface area contributed by atoms with Crippen molar-refractivity contribution in [2.45, 2.75) is 58.3 Å². The van der Waals surface area contributed by atoms with Crippen molar-refractivity contribution in [2.75, 3.05) is 6.61 Å². The molecule has 2 fully saturated rings. The normalized spacial score (nSPS) is 25.8. The average Bonchev–Trinajstić information content (AvgIpc) is 3.07. The first kappa shape index (κ1) is 17.3. The summed E-state index contributed by atoms with van der Waals surface area (Å²) >= 11 is 0. The standard InChI is InChI=1S/C20H27N3O3/c1-2-26-20(25)17-12-18-21-16(11-19(24)23(18)22-17)10-13-7-8-14-5-3-4-6-15(14)9-13/h11-15,22H,2-10H2,1H3. The molecule has 4 rings (SSSR count). The van der Waals surface area contributed by atoms with Crippen LogP contribution in [0.1, 0.15) is 68.1 Å². The monoisotopic (exact) mass is 357 g/mol. The second-order valence-corrected chi connectivity index (χ2v) is 7.86. The van der Waals surface area contributed by atoms with Gasteiger partial charge in [0.2, 0.25) is 0 Å². The second kappa shape index (κ2) is 7.25. The van der Waals surface area contributed by atoms with Crippen LogP contribution >= 0.6 is 0 Å². The van der Waals surface area contributed by atoms with Crippen LogP contribution in [0.4, 0.5) is 0 Å². The molecule has 0 radical (unpaired) electrons. The van der Waals surface area contributed by atoms with E-state index in [0.717, 1.165) is 24.0 Å². The van der Waals surface area contributed by atoms with Gasteiger partial charge in [-0.3, -0.25) is 9.89 Å². The van der Waals surface area contributed by atoms with Gasteiger partial charge in [-0.1, -0.05) is 25.7 Å². The molecule has 3 unspecified atom stereocenters. The van der Waals surface area contributed by atoms with Crippen molar-refractivity contribution in [1.29, 1.82) is 0 Å². The van der Waals surface area contributed by atoms with Crippen LogP contribution in [0.15, 0.2) is 16.9 Å². The number of hydrogen-bond donors (Lipinski definition) is 1. The Kier molecular flexibility index (Phi) is 4.83. The summed E-state index contributed by atoms with van der Waals surface area (Å²) in [6.45, 7) is 2.05. The van der Waals surface area contributed by atoms with Crippen LogP contribution in [0.25, 0.3) is 5.65 Å². The van der Waals surface area contributed by atoms with Gasteiger partial charge in [0.15, 0.2) is 5.65 Å². The van der Waals surface area contributed by atoms with Gasteiger partial charge in [-0.05, 0) is 50.4 Å². The Labute approximate surface area is 152 Å². The number of esters is 1. The van der Waals surface area contributed by atoms with Crippen molar-refractivity contribution in [1.82, 2.24) is 14.6 Å². The van der Waals surface area contributed by atoms with Gasteiger partial charge in [0, 0.05) is 17.8 Å². The number of aromatic nitrogens is 3. The van der Waals surface area contributed by atoms with Crippen molar-refractivity contribution in [3.8, 4) is 0 Å². The first-order chi connectivity index (χ1) is 12.6. The number of H-pyrrole nitrogens is 1. The van der Waals surface area contributed by atoms with Crippen molar-refractivity contribution < 1.29 is 9.53 Å². The van der Waals surface area contributed by atoms with E-state index in [1.807, 2.05) is 0 Å². The lowest BCUT2D eigenvalue weighted by Gasteiger charge is -2.39. The van der Waals surface area contributed by atoms with E-state index >= 15 is 0 Å². The molecule has 0 bridgehead atoms. The molecule has 0 amide bonds. The Morgan fingerprint density at radius 1 is 1.23 bits per heavy atom. The Balaban J connectivity index is 1.51. The van der Waals surface area contributed by atoms with E-state index in [2.05, 4.69) is 10.1 Å². The number of rotatable bonds is 4. The number of nitrogens with one attached hydrogen (secondary N) is 1. The summed E-state index contributed by atoms with van der Waals surface area (Å²) in [5.74, 6) is 1.95. The molecular weight excluding hydrogens is 330 g/mol. The fourth-order valence-electron chi connectivity index (χ4n) is 4.91. The van der Waals surface area contributed by atoms with E-state index in [4.69, 9.17) is 4.74 Å². The Bertz CT molecular complexity index is 854. The molecule has 2 saturated carbocycles. The van der Waals surface area contributed by atoms with Crippen molar-refractivity contribution >= 4 is 11.6 Å². The zero-order chi connectivity index (χ0) is 18.1. The fourth-order valence-corrected chi connectivity index (χ4v) is 4.91. The summed E-state index contributed by atoms with van der Waals surface area (Å²) in [6, 6.07) is 3.20. The zero-order valence-electron chi connectivity index (χ0n) is 15.4. The minimum Gasteiger partial charge on any atom is -0.461 e. The van der Waals surface area contributed by atoms with Crippen molar-refractivity contribution in [2.24, 2.45) is 17.8 Å². The molecule has 140 valence electrons. The van der Waals surface area contributed by atoms with E-state index in [0.29, 0.717) is 18.2 Å². The summed E-state index contributed by atoms with van der Waals surface area (Å²) in [5, 5.41) is 2.78. The number of carbonyl (C=O) groups excluding carboxylic acids is 1. The lowest BCUT2D eigenvalue weighted by atomic mass is 9.67. The van der Waals surface area contributed by atoms with E-state index in [1.165, 1.54) is 49.5 Å². The Hall–Kier alpha value is -2.11. The van der Waals surface area contributed by atoms with Gasteiger partial charge in [-0.25, -0.2) is 14.3 Å². The molecule has 0 aliphatic heterocycles. The summed E-state index contributed by atoms with van der Waals surface area (Å²) in [6.07, 6.45) is 10.2. The van der Waals surface area contributed by atoms with Crippen LogP contribution in [0.5, 0.6) is 0 Å². The largest absolute Gasteiger partial charge is 0.461 e. The van der Waals surface area contributed by atoms with E-state index in [9.17, 15) is 9.59 Å². The second-order valence-electron chi connectivity index (χ2n) is 7.86. The highest BCUT2D eigenvalue weighted by Crippen LogP contribution is 2.43. The highest BCUT2D eigenvalue weighted by atomic mass is 16.5. The van der Waals surface area contributed by atoms with Crippen LogP contribution in [0.2, 0.25) is 0 Å². The van der Waals surface area contributed by atoms with Crippen LogP contribution in [0.3, 0.4) is 0 Å². The molecule has 2 aliphatic rings.